The summed E-state index contributed by atoms with van der Waals surface area (Å²) in [5, 5.41) is 14.7. The van der Waals surface area contributed by atoms with Crippen LogP contribution in [0.2, 0.25) is 0 Å². The molecule has 0 radical (unpaired) electrons. The zero-order valence-electron chi connectivity index (χ0n) is 26.3. The summed E-state index contributed by atoms with van der Waals surface area (Å²) in [5.41, 5.74) is -2.26. The Morgan fingerprint density at radius 3 is 2.45 bits per heavy atom. The number of aliphatic hydroxyl groups is 1. The standard InChI is InChI=1S/C30H55N3O7/c1-19-16-22(32(6)7)24(34)27(39-19)40-26-20(2)25(35)29(3,4)28(36)38-18-23(21-12-10-14-31-17-21)33(8)15-11-13-30(26,5)37-9/h19-24,26-27,31,34H,10-18H2,1-9H3/t19-,20+,21-,22+,23-,24-,26-,27+,30-/m1/s1. The van der Waals surface area contributed by atoms with Gasteiger partial charge < -0.3 is 34.3 Å². The predicted octanol–water partition coefficient (Wildman–Crippen LogP) is 2.07. The van der Waals surface area contributed by atoms with Crippen LogP contribution in [-0.2, 0) is 28.5 Å². The average molecular weight is 570 g/mol. The van der Waals surface area contributed by atoms with Gasteiger partial charge in [-0.2, -0.15) is 0 Å². The quantitative estimate of drug-likeness (QED) is 0.377. The van der Waals surface area contributed by atoms with Gasteiger partial charge in [-0.05, 0) is 106 Å². The molecule has 0 amide bonds. The van der Waals surface area contributed by atoms with Crippen molar-refractivity contribution in [3.8, 4) is 0 Å². The number of ketones is 1. The van der Waals surface area contributed by atoms with Crippen molar-refractivity contribution in [2.75, 3.05) is 54.5 Å². The van der Waals surface area contributed by atoms with E-state index < -0.39 is 41.4 Å². The molecule has 0 aromatic heterocycles. The van der Waals surface area contributed by atoms with E-state index >= 15 is 0 Å². The predicted molar refractivity (Wildman–Crippen MR) is 153 cm³/mol. The number of esters is 1. The van der Waals surface area contributed by atoms with E-state index in [1.54, 1.807) is 27.9 Å². The SMILES string of the molecule is CO[C@]1(C)CCCN(C)[C@@H]([C@@H]2CCCNC2)COC(=O)C(C)(C)C(=O)[C@H](C)[C@H]1O[C@@H]1O[C@H](C)C[C@H](N(C)C)[C@H]1O. The van der Waals surface area contributed by atoms with Crippen molar-refractivity contribution in [1.82, 2.24) is 15.1 Å². The molecule has 3 heterocycles. The number of nitrogens with one attached hydrogen (secondary N) is 1. The van der Waals surface area contributed by atoms with Crippen molar-refractivity contribution in [3.63, 3.8) is 0 Å². The zero-order valence-corrected chi connectivity index (χ0v) is 26.3. The molecule has 40 heavy (non-hydrogen) atoms. The van der Waals surface area contributed by atoms with E-state index in [0.29, 0.717) is 18.8 Å². The molecule has 0 bridgehead atoms. The first kappa shape index (κ1) is 33.4. The van der Waals surface area contributed by atoms with E-state index in [9.17, 15) is 14.7 Å². The molecule has 10 heteroatoms. The number of hydrogen-bond acceptors (Lipinski definition) is 10. The molecular formula is C30H55N3O7. The zero-order chi connectivity index (χ0) is 29.8. The lowest BCUT2D eigenvalue weighted by Crippen LogP contribution is -2.59. The summed E-state index contributed by atoms with van der Waals surface area (Å²) in [4.78, 5) is 31.7. The highest BCUT2D eigenvalue weighted by molar-refractivity contribution is 6.04. The van der Waals surface area contributed by atoms with Crippen molar-refractivity contribution in [1.29, 1.82) is 0 Å². The number of cyclic esters (lactones) is 1. The van der Waals surface area contributed by atoms with Gasteiger partial charge in [-0.1, -0.05) is 6.92 Å². The van der Waals surface area contributed by atoms with Gasteiger partial charge in [-0.15, -0.1) is 0 Å². The Morgan fingerprint density at radius 1 is 1.15 bits per heavy atom. The molecule has 0 aromatic carbocycles. The number of piperidine rings is 1. The molecule has 3 aliphatic rings. The van der Waals surface area contributed by atoms with Gasteiger partial charge in [-0.3, -0.25) is 14.5 Å². The second-order valence-corrected chi connectivity index (χ2v) is 13.3. The maximum Gasteiger partial charge on any atom is 0.319 e. The average Bonchev–Trinajstić information content (AvgIpc) is 2.92. The number of methoxy groups -OCH3 is 1. The summed E-state index contributed by atoms with van der Waals surface area (Å²) in [6.07, 6.45) is 1.48. The minimum atomic E-state index is -1.39. The Labute approximate surface area is 241 Å². The fourth-order valence-electron chi connectivity index (χ4n) is 6.77. The highest BCUT2D eigenvalue weighted by atomic mass is 16.7. The molecule has 9 atom stereocenters. The molecule has 232 valence electrons. The first-order chi connectivity index (χ1) is 18.7. The number of Topliss-reactive ketones (excluding diaryl/α,β-unsaturated/α-hetero) is 1. The molecular weight excluding hydrogens is 514 g/mol. The smallest absolute Gasteiger partial charge is 0.319 e. The maximum absolute atomic E-state index is 14.0. The van der Waals surface area contributed by atoms with Crippen molar-refractivity contribution in [2.45, 2.75) is 109 Å². The molecule has 0 spiro atoms. The molecule has 0 unspecified atom stereocenters. The van der Waals surface area contributed by atoms with Crippen molar-refractivity contribution in [2.24, 2.45) is 17.3 Å². The molecule has 0 aromatic rings. The van der Waals surface area contributed by atoms with Crippen LogP contribution in [0.25, 0.3) is 0 Å². The summed E-state index contributed by atoms with van der Waals surface area (Å²) in [7, 11) is 7.57. The fourth-order valence-corrected chi connectivity index (χ4v) is 6.77. The summed E-state index contributed by atoms with van der Waals surface area (Å²) in [5.74, 6) is -1.18. The molecule has 0 saturated carbocycles. The van der Waals surface area contributed by atoms with Crippen LogP contribution < -0.4 is 5.32 Å². The Morgan fingerprint density at radius 2 is 1.85 bits per heavy atom. The number of nitrogens with zero attached hydrogens (tertiary/aromatic N) is 2. The lowest BCUT2D eigenvalue weighted by Gasteiger charge is -2.46. The lowest BCUT2D eigenvalue weighted by molar-refractivity contribution is -0.295. The van der Waals surface area contributed by atoms with E-state index in [-0.39, 0.29) is 30.6 Å². The monoisotopic (exact) mass is 569 g/mol. The molecule has 2 N–H and O–H groups in total. The Kier molecular flexibility index (Phi) is 11.6. The third-order valence-corrected chi connectivity index (χ3v) is 9.63. The normalized spacial score (nSPS) is 41.1. The van der Waals surface area contributed by atoms with Crippen LogP contribution in [0, 0.1) is 17.3 Å². The van der Waals surface area contributed by atoms with Crippen LogP contribution in [0.4, 0.5) is 0 Å². The van der Waals surface area contributed by atoms with Crippen LogP contribution >= 0.6 is 0 Å². The van der Waals surface area contributed by atoms with Gasteiger partial charge in [0.2, 0.25) is 0 Å². The minimum absolute atomic E-state index is 0.0527. The van der Waals surface area contributed by atoms with Crippen molar-refractivity contribution >= 4 is 11.8 Å². The van der Waals surface area contributed by atoms with Gasteiger partial charge in [0.1, 0.15) is 18.1 Å². The molecule has 3 aliphatic heterocycles. The second kappa shape index (κ2) is 13.9. The number of aliphatic hydroxyl groups excluding tert-OH is 1. The van der Waals surface area contributed by atoms with Crippen LogP contribution in [0.3, 0.4) is 0 Å². The molecule has 0 aliphatic carbocycles. The highest BCUT2D eigenvalue weighted by Gasteiger charge is 2.51. The van der Waals surface area contributed by atoms with E-state index in [2.05, 4.69) is 17.3 Å². The van der Waals surface area contributed by atoms with E-state index in [1.165, 1.54) is 0 Å². The first-order valence-electron chi connectivity index (χ1n) is 15.1. The third kappa shape index (κ3) is 7.43. The van der Waals surface area contributed by atoms with Gasteiger partial charge in [0.05, 0.1) is 17.8 Å². The topological polar surface area (TPSA) is 110 Å². The summed E-state index contributed by atoms with van der Waals surface area (Å²) in [6.45, 7) is 11.9. The van der Waals surface area contributed by atoms with E-state index in [4.69, 9.17) is 18.9 Å². The Bertz CT molecular complexity index is 849. The van der Waals surface area contributed by atoms with E-state index in [0.717, 1.165) is 38.9 Å². The van der Waals surface area contributed by atoms with Crippen molar-refractivity contribution in [3.05, 3.63) is 0 Å². The van der Waals surface area contributed by atoms with Gasteiger partial charge in [0, 0.05) is 25.1 Å². The third-order valence-electron chi connectivity index (χ3n) is 9.63. The summed E-state index contributed by atoms with van der Waals surface area (Å²) in [6, 6.07) is -0.105. The lowest BCUT2D eigenvalue weighted by atomic mass is 9.75. The molecule has 3 saturated heterocycles. The summed E-state index contributed by atoms with van der Waals surface area (Å²) >= 11 is 0. The minimum Gasteiger partial charge on any atom is -0.463 e. The fraction of sp³-hybridized carbons (Fsp3) is 0.933. The number of carbonyl (C=O) groups excluding carboxylic acids is 2. The van der Waals surface area contributed by atoms with Crippen molar-refractivity contribution < 1.29 is 33.6 Å². The molecule has 3 fully saturated rings. The highest BCUT2D eigenvalue weighted by Crippen LogP contribution is 2.37. The van der Waals surface area contributed by atoms with Gasteiger partial charge in [-0.25, -0.2) is 0 Å². The van der Waals surface area contributed by atoms with Crippen LogP contribution in [0.1, 0.15) is 66.7 Å². The van der Waals surface area contributed by atoms with E-state index in [1.807, 2.05) is 32.8 Å². The van der Waals surface area contributed by atoms with Gasteiger partial charge in [0.25, 0.3) is 0 Å². The Hall–Kier alpha value is -1.14. The number of carbonyl (C=O) groups is 2. The Balaban J connectivity index is 1.94. The second-order valence-electron chi connectivity index (χ2n) is 13.3. The molecule has 10 nitrogen and oxygen atoms in total. The first-order valence-corrected chi connectivity index (χ1v) is 15.1. The van der Waals surface area contributed by atoms with Crippen LogP contribution in [0.5, 0.6) is 0 Å². The number of likely N-dealkylation sites (N-methyl/N-ethyl adjacent to an activating group) is 2. The summed E-state index contributed by atoms with van der Waals surface area (Å²) < 4.78 is 24.7. The number of ether oxygens (including phenoxy) is 4. The largest absolute Gasteiger partial charge is 0.463 e. The maximum atomic E-state index is 14.0. The van der Waals surface area contributed by atoms with Gasteiger partial charge in [0.15, 0.2) is 12.1 Å². The number of hydrogen-bond donors (Lipinski definition) is 2. The molecule has 3 rings (SSSR count). The number of rotatable bonds is 5. The van der Waals surface area contributed by atoms with Crippen LogP contribution in [0.15, 0.2) is 0 Å². The van der Waals surface area contributed by atoms with Crippen LogP contribution in [-0.4, -0.2) is 123 Å². The van der Waals surface area contributed by atoms with Gasteiger partial charge >= 0.3 is 5.97 Å².